The van der Waals surface area contributed by atoms with Crippen molar-refractivity contribution in [2.75, 3.05) is 6.61 Å². The van der Waals surface area contributed by atoms with E-state index in [1.807, 2.05) is 6.08 Å². The molecule has 2 nitrogen and oxygen atoms in total. The molecule has 0 radical (unpaired) electrons. The normalized spacial score (nSPS) is 25.7. The second-order valence-electron chi connectivity index (χ2n) is 4.78. The molecule has 0 aromatic heterocycles. The van der Waals surface area contributed by atoms with Crippen molar-refractivity contribution in [2.45, 2.75) is 39.6 Å². The molecule has 0 spiro atoms. The molecule has 0 aromatic carbocycles. The highest BCUT2D eigenvalue weighted by atomic mass is 16.6. The van der Waals surface area contributed by atoms with Gasteiger partial charge in [-0.1, -0.05) is 19.9 Å². The van der Waals surface area contributed by atoms with E-state index in [1.54, 1.807) is 0 Å². The van der Waals surface area contributed by atoms with Gasteiger partial charge in [0.05, 0.1) is 5.60 Å². The van der Waals surface area contributed by atoms with Gasteiger partial charge in [-0.2, -0.15) is 0 Å². The topological polar surface area (TPSA) is 18.5 Å². The Morgan fingerprint density at radius 1 is 1.38 bits per heavy atom. The summed E-state index contributed by atoms with van der Waals surface area (Å²) in [4.78, 5) is 0. The van der Waals surface area contributed by atoms with Crippen molar-refractivity contribution < 1.29 is 9.31 Å². The standard InChI is InChI=1S/C10H19BO2/c1-6-7-11-12-8-9(2,3)10(4,5)13-11/h6H,1,7-8H2,2-5H3. The molecule has 0 amide bonds. The van der Waals surface area contributed by atoms with E-state index in [0.29, 0.717) is 0 Å². The van der Waals surface area contributed by atoms with Crippen LogP contribution in [0.5, 0.6) is 0 Å². The Morgan fingerprint density at radius 3 is 2.46 bits per heavy atom. The second-order valence-corrected chi connectivity index (χ2v) is 4.78. The highest BCUT2D eigenvalue weighted by molar-refractivity contribution is 6.45. The van der Waals surface area contributed by atoms with Gasteiger partial charge in [0.1, 0.15) is 0 Å². The van der Waals surface area contributed by atoms with Gasteiger partial charge in [-0.3, -0.25) is 0 Å². The van der Waals surface area contributed by atoms with E-state index in [1.165, 1.54) is 0 Å². The smallest absolute Gasteiger partial charge is 0.410 e. The molecule has 1 aliphatic heterocycles. The molecule has 1 rings (SSSR count). The van der Waals surface area contributed by atoms with E-state index in [4.69, 9.17) is 9.31 Å². The lowest BCUT2D eigenvalue weighted by Crippen LogP contribution is -2.54. The summed E-state index contributed by atoms with van der Waals surface area (Å²) in [5.74, 6) is 0. The molecule has 0 saturated carbocycles. The first-order chi connectivity index (χ1) is 5.89. The van der Waals surface area contributed by atoms with Crippen molar-refractivity contribution in [3.05, 3.63) is 12.7 Å². The molecule has 1 heterocycles. The van der Waals surface area contributed by atoms with Crippen LogP contribution in [0.1, 0.15) is 27.7 Å². The molecule has 0 aromatic rings. The fourth-order valence-electron chi connectivity index (χ4n) is 1.25. The van der Waals surface area contributed by atoms with Gasteiger partial charge >= 0.3 is 7.12 Å². The Morgan fingerprint density at radius 2 is 2.00 bits per heavy atom. The summed E-state index contributed by atoms with van der Waals surface area (Å²) >= 11 is 0. The van der Waals surface area contributed by atoms with Gasteiger partial charge in [0.15, 0.2) is 0 Å². The minimum Gasteiger partial charge on any atom is -0.410 e. The minimum atomic E-state index is -0.126. The summed E-state index contributed by atoms with van der Waals surface area (Å²) in [5.41, 5.74) is -0.0520. The second kappa shape index (κ2) is 3.47. The average molecular weight is 182 g/mol. The molecule has 0 N–H and O–H groups in total. The van der Waals surface area contributed by atoms with Crippen LogP contribution in [0.3, 0.4) is 0 Å². The maximum atomic E-state index is 5.84. The van der Waals surface area contributed by atoms with Gasteiger partial charge in [0.25, 0.3) is 0 Å². The quantitative estimate of drug-likeness (QED) is 0.482. The van der Waals surface area contributed by atoms with E-state index in [9.17, 15) is 0 Å². The number of hydrogen-bond acceptors (Lipinski definition) is 2. The highest BCUT2D eigenvalue weighted by Crippen LogP contribution is 2.38. The first-order valence-corrected chi connectivity index (χ1v) is 4.79. The predicted molar refractivity (Wildman–Crippen MR) is 55.7 cm³/mol. The molecule has 1 aliphatic rings. The maximum absolute atomic E-state index is 5.84. The third kappa shape index (κ3) is 2.15. The van der Waals surface area contributed by atoms with Crippen molar-refractivity contribution in [3.8, 4) is 0 Å². The Kier molecular flexibility index (Phi) is 2.88. The van der Waals surface area contributed by atoms with Crippen molar-refractivity contribution in [1.29, 1.82) is 0 Å². The molecular weight excluding hydrogens is 163 g/mol. The predicted octanol–water partition coefficient (Wildman–Crippen LogP) is 2.51. The van der Waals surface area contributed by atoms with Crippen LogP contribution in [0.15, 0.2) is 12.7 Å². The first kappa shape index (κ1) is 10.8. The van der Waals surface area contributed by atoms with Gasteiger partial charge < -0.3 is 9.31 Å². The maximum Gasteiger partial charge on any atom is 0.461 e. The zero-order valence-electron chi connectivity index (χ0n) is 9.09. The van der Waals surface area contributed by atoms with Crippen LogP contribution in [0, 0.1) is 5.41 Å². The van der Waals surface area contributed by atoms with Crippen LogP contribution < -0.4 is 0 Å². The molecular formula is C10H19BO2. The summed E-state index contributed by atoms with van der Waals surface area (Å²) in [6, 6.07) is 0. The van der Waals surface area contributed by atoms with Gasteiger partial charge in [-0.15, -0.1) is 6.58 Å². The summed E-state index contributed by atoms with van der Waals surface area (Å²) in [6.07, 6.45) is 2.60. The van der Waals surface area contributed by atoms with Crippen LogP contribution in [0.4, 0.5) is 0 Å². The van der Waals surface area contributed by atoms with Crippen LogP contribution in [-0.4, -0.2) is 19.3 Å². The van der Waals surface area contributed by atoms with E-state index < -0.39 is 0 Å². The molecule has 0 aliphatic carbocycles. The zero-order valence-corrected chi connectivity index (χ0v) is 9.09. The lowest BCUT2D eigenvalue weighted by atomic mass is 9.71. The summed E-state index contributed by atoms with van der Waals surface area (Å²) < 4.78 is 11.4. The Hall–Kier alpha value is -0.275. The summed E-state index contributed by atoms with van der Waals surface area (Å²) in [5, 5.41) is 0. The SMILES string of the molecule is C=CCB1OCC(C)(C)C(C)(C)O1. The molecule has 0 bridgehead atoms. The van der Waals surface area contributed by atoms with Crippen LogP contribution in [0.2, 0.25) is 6.32 Å². The van der Waals surface area contributed by atoms with Crippen molar-refractivity contribution >= 4 is 7.12 Å². The Bertz CT molecular complexity index is 199. The Labute approximate surface area is 81.4 Å². The summed E-state index contributed by atoms with van der Waals surface area (Å²) in [6.45, 7) is 13.0. The molecule has 3 heteroatoms. The number of hydrogen-bond donors (Lipinski definition) is 0. The third-order valence-electron chi connectivity index (χ3n) is 3.05. The largest absolute Gasteiger partial charge is 0.461 e. The lowest BCUT2D eigenvalue weighted by molar-refractivity contribution is -0.0971. The van der Waals surface area contributed by atoms with Crippen molar-refractivity contribution in [2.24, 2.45) is 5.41 Å². The van der Waals surface area contributed by atoms with E-state index in [2.05, 4.69) is 34.3 Å². The molecule has 13 heavy (non-hydrogen) atoms. The molecule has 0 unspecified atom stereocenters. The summed E-state index contributed by atoms with van der Waals surface area (Å²) in [7, 11) is -0.111. The fourth-order valence-corrected chi connectivity index (χ4v) is 1.25. The highest BCUT2D eigenvalue weighted by Gasteiger charge is 2.45. The van der Waals surface area contributed by atoms with Crippen LogP contribution in [-0.2, 0) is 9.31 Å². The van der Waals surface area contributed by atoms with Gasteiger partial charge in [0.2, 0.25) is 0 Å². The zero-order chi connectivity index (χ0) is 10.1. The Balaban J connectivity index is 2.64. The van der Waals surface area contributed by atoms with Crippen LogP contribution in [0.25, 0.3) is 0 Å². The van der Waals surface area contributed by atoms with Crippen LogP contribution >= 0.6 is 0 Å². The number of rotatable bonds is 2. The van der Waals surface area contributed by atoms with E-state index in [-0.39, 0.29) is 18.1 Å². The third-order valence-corrected chi connectivity index (χ3v) is 3.05. The molecule has 74 valence electrons. The number of allylic oxidation sites excluding steroid dienone is 1. The van der Waals surface area contributed by atoms with Gasteiger partial charge in [0, 0.05) is 18.3 Å². The van der Waals surface area contributed by atoms with Gasteiger partial charge in [-0.25, -0.2) is 0 Å². The van der Waals surface area contributed by atoms with Crippen molar-refractivity contribution in [3.63, 3.8) is 0 Å². The fraction of sp³-hybridized carbons (Fsp3) is 0.800. The first-order valence-electron chi connectivity index (χ1n) is 4.79. The lowest BCUT2D eigenvalue weighted by Gasteiger charge is -2.47. The average Bonchev–Trinajstić information content (AvgIpc) is 1.98. The molecule has 1 fully saturated rings. The monoisotopic (exact) mass is 182 g/mol. The van der Waals surface area contributed by atoms with Gasteiger partial charge in [-0.05, 0) is 13.8 Å². The molecule has 0 atom stereocenters. The van der Waals surface area contributed by atoms with Crippen molar-refractivity contribution in [1.82, 2.24) is 0 Å². The van der Waals surface area contributed by atoms with E-state index >= 15 is 0 Å². The minimum absolute atomic E-state index is 0.0741. The molecule has 1 saturated heterocycles. The van der Waals surface area contributed by atoms with E-state index in [0.717, 1.165) is 12.9 Å².